The number of nitrogens with one attached hydrogen (secondary N) is 4. The molecule has 0 aliphatic carbocycles. The van der Waals surface area contributed by atoms with Gasteiger partial charge in [-0.25, -0.2) is 14.4 Å². The summed E-state index contributed by atoms with van der Waals surface area (Å²) in [5, 5.41) is 11.1. The van der Waals surface area contributed by atoms with Crippen molar-refractivity contribution in [2.75, 3.05) is 17.2 Å². The molecule has 12 nitrogen and oxygen atoms in total. The van der Waals surface area contributed by atoms with Crippen LogP contribution >= 0.6 is 0 Å². The first-order valence-electron chi connectivity index (χ1n) is 14.2. The van der Waals surface area contributed by atoms with Gasteiger partial charge < -0.3 is 29.8 Å². The summed E-state index contributed by atoms with van der Waals surface area (Å²) in [4.78, 5) is 61.3. The van der Waals surface area contributed by atoms with E-state index in [0.717, 1.165) is 16.5 Å². The highest BCUT2D eigenvalue weighted by molar-refractivity contribution is 5.96. The molecule has 234 valence electrons. The summed E-state index contributed by atoms with van der Waals surface area (Å²) in [6.45, 7) is 5.04. The van der Waals surface area contributed by atoms with E-state index in [0.29, 0.717) is 22.5 Å². The largest absolute Gasteiger partial charge is 0.445 e. The van der Waals surface area contributed by atoms with Gasteiger partial charge in [0.05, 0.1) is 6.54 Å². The molecule has 0 saturated heterocycles. The van der Waals surface area contributed by atoms with Crippen molar-refractivity contribution < 1.29 is 33.1 Å². The molecule has 12 heteroatoms. The number of ether oxygens (including phenoxy) is 2. The van der Waals surface area contributed by atoms with Gasteiger partial charge in [0.15, 0.2) is 0 Å². The normalized spacial score (nSPS) is 11.4. The van der Waals surface area contributed by atoms with Crippen LogP contribution in [0.1, 0.15) is 30.5 Å². The monoisotopic (exact) mass is 614 g/mol. The highest BCUT2D eigenvalue weighted by Gasteiger charge is 2.25. The van der Waals surface area contributed by atoms with Crippen molar-refractivity contribution >= 4 is 46.3 Å². The number of hydrogen-bond acceptors (Lipinski definition) is 8. The Bertz CT molecular complexity index is 1720. The van der Waals surface area contributed by atoms with Crippen molar-refractivity contribution in [2.24, 2.45) is 5.92 Å². The molecule has 3 aromatic carbocycles. The van der Waals surface area contributed by atoms with Crippen molar-refractivity contribution in [3.05, 3.63) is 106 Å². The minimum atomic E-state index is -0.899. The fourth-order valence-corrected chi connectivity index (χ4v) is 4.30. The van der Waals surface area contributed by atoms with Crippen molar-refractivity contribution in [3.63, 3.8) is 0 Å². The fourth-order valence-electron chi connectivity index (χ4n) is 4.30. The van der Waals surface area contributed by atoms with Crippen molar-refractivity contribution in [3.8, 4) is 0 Å². The van der Waals surface area contributed by atoms with Gasteiger partial charge in [-0.2, -0.15) is 0 Å². The molecular weight excluding hydrogens is 580 g/mol. The van der Waals surface area contributed by atoms with E-state index in [1.165, 1.54) is 6.07 Å². The third kappa shape index (κ3) is 9.68. The molecule has 0 saturated carbocycles. The Morgan fingerprint density at radius 2 is 1.42 bits per heavy atom. The van der Waals surface area contributed by atoms with E-state index >= 15 is 0 Å². The van der Waals surface area contributed by atoms with Crippen LogP contribution in [0.15, 0.2) is 88.1 Å². The highest BCUT2D eigenvalue weighted by atomic mass is 16.6. The van der Waals surface area contributed by atoms with Crippen LogP contribution in [-0.2, 0) is 32.3 Å². The maximum absolute atomic E-state index is 12.7. The first kappa shape index (κ1) is 32.3. The number of benzene rings is 3. The molecule has 0 fully saturated rings. The maximum Gasteiger partial charge on any atom is 0.411 e. The standard InChI is InChI=1S/C33H34N4O8/c1-20(2)30(37-33(42)44-18-22-7-5-4-6-8-22)31(40)34-17-28(38)35-24-11-9-23(10-12-24)19-43-32(41)36-25-13-14-26-21(3)15-29(39)45-27(26)16-25/h4-16,20,30H,17-19H2,1-3H3,(H,34,40)(H,35,38)(H,36,41)(H,37,42). The molecule has 4 amide bonds. The Balaban J connectivity index is 1.19. The number of aryl methyl sites for hydroxylation is 1. The summed E-state index contributed by atoms with van der Waals surface area (Å²) in [5.74, 6) is -1.25. The van der Waals surface area contributed by atoms with Crippen molar-refractivity contribution in [1.82, 2.24) is 10.6 Å². The van der Waals surface area contributed by atoms with E-state index in [1.54, 1.807) is 63.2 Å². The quantitative estimate of drug-likeness (QED) is 0.174. The van der Waals surface area contributed by atoms with Crippen LogP contribution in [0.4, 0.5) is 21.0 Å². The van der Waals surface area contributed by atoms with Crippen molar-refractivity contribution in [2.45, 2.75) is 40.0 Å². The third-order valence-corrected chi connectivity index (χ3v) is 6.66. The van der Waals surface area contributed by atoms with Gasteiger partial charge in [0.1, 0.15) is 24.8 Å². The molecule has 1 heterocycles. The first-order valence-corrected chi connectivity index (χ1v) is 14.2. The number of alkyl carbamates (subject to hydrolysis) is 1. The first-order chi connectivity index (χ1) is 21.6. The number of carbonyl (C=O) groups is 4. The second-order valence-electron chi connectivity index (χ2n) is 10.6. The molecule has 4 N–H and O–H groups in total. The molecule has 1 atom stereocenters. The third-order valence-electron chi connectivity index (χ3n) is 6.66. The molecule has 0 bridgehead atoms. The van der Waals surface area contributed by atoms with Crippen LogP contribution in [0.3, 0.4) is 0 Å². The smallest absolute Gasteiger partial charge is 0.411 e. The predicted octanol–water partition coefficient (Wildman–Crippen LogP) is 4.86. The lowest BCUT2D eigenvalue weighted by Gasteiger charge is -2.21. The van der Waals surface area contributed by atoms with Gasteiger partial charge in [-0.3, -0.25) is 14.9 Å². The molecule has 45 heavy (non-hydrogen) atoms. The van der Waals surface area contributed by atoms with E-state index in [4.69, 9.17) is 13.9 Å². The molecule has 0 aliphatic heterocycles. The molecule has 0 aliphatic rings. The van der Waals surface area contributed by atoms with Gasteiger partial charge in [0.25, 0.3) is 0 Å². The number of amides is 4. The Morgan fingerprint density at radius 1 is 0.778 bits per heavy atom. The van der Waals surface area contributed by atoms with Gasteiger partial charge in [-0.1, -0.05) is 56.3 Å². The summed E-state index contributed by atoms with van der Waals surface area (Å²) >= 11 is 0. The SMILES string of the molecule is Cc1cc(=O)oc2cc(NC(=O)OCc3ccc(NC(=O)CNC(=O)C(NC(=O)OCc4ccccc4)C(C)C)cc3)ccc12. The van der Waals surface area contributed by atoms with E-state index in [-0.39, 0.29) is 25.7 Å². The number of carbonyl (C=O) groups excluding carboxylic acids is 4. The fraction of sp³-hybridized carbons (Fsp3) is 0.242. The Hall–Kier alpha value is -5.65. The van der Waals surface area contributed by atoms with E-state index < -0.39 is 35.7 Å². The number of rotatable bonds is 11. The van der Waals surface area contributed by atoms with Crippen LogP contribution in [0, 0.1) is 12.8 Å². The zero-order valence-corrected chi connectivity index (χ0v) is 25.0. The second kappa shape index (κ2) is 15.2. The number of hydrogen-bond donors (Lipinski definition) is 4. The van der Waals surface area contributed by atoms with Crippen LogP contribution in [-0.4, -0.2) is 36.6 Å². The zero-order chi connectivity index (χ0) is 32.3. The molecule has 1 unspecified atom stereocenters. The average Bonchev–Trinajstić information content (AvgIpc) is 3.01. The van der Waals surface area contributed by atoms with Gasteiger partial charge in [0, 0.05) is 28.9 Å². The van der Waals surface area contributed by atoms with Crippen LogP contribution < -0.4 is 26.9 Å². The number of fused-ring (bicyclic) bond motifs is 1. The minimum Gasteiger partial charge on any atom is -0.445 e. The summed E-state index contributed by atoms with van der Waals surface area (Å²) in [7, 11) is 0. The van der Waals surface area contributed by atoms with E-state index in [1.807, 2.05) is 30.3 Å². The molecule has 4 aromatic rings. The van der Waals surface area contributed by atoms with Crippen molar-refractivity contribution in [1.29, 1.82) is 0 Å². The molecule has 0 radical (unpaired) electrons. The van der Waals surface area contributed by atoms with Gasteiger partial charge >= 0.3 is 17.8 Å². The summed E-state index contributed by atoms with van der Waals surface area (Å²) < 4.78 is 15.7. The second-order valence-corrected chi connectivity index (χ2v) is 10.6. The van der Waals surface area contributed by atoms with Crippen LogP contribution in [0.25, 0.3) is 11.0 Å². The van der Waals surface area contributed by atoms with E-state index in [2.05, 4.69) is 21.3 Å². The summed E-state index contributed by atoms with van der Waals surface area (Å²) in [6.07, 6.45) is -1.44. The average molecular weight is 615 g/mol. The van der Waals surface area contributed by atoms with Crippen LogP contribution in [0.2, 0.25) is 0 Å². The predicted molar refractivity (Wildman–Crippen MR) is 167 cm³/mol. The maximum atomic E-state index is 12.7. The minimum absolute atomic E-state index is 0.0325. The summed E-state index contributed by atoms with van der Waals surface area (Å²) in [5.41, 5.74) is 3.00. The van der Waals surface area contributed by atoms with E-state index in [9.17, 15) is 24.0 Å². The van der Waals surface area contributed by atoms with Gasteiger partial charge in [0.2, 0.25) is 11.8 Å². The topological polar surface area (TPSA) is 165 Å². The number of anilines is 2. The van der Waals surface area contributed by atoms with Gasteiger partial charge in [-0.05, 0) is 53.8 Å². The lowest BCUT2D eigenvalue weighted by Crippen LogP contribution is -2.51. The Kier molecular flexibility index (Phi) is 10.9. The highest BCUT2D eigenvalue weighted by Crippen LogP contribution is 2.21. The zero-order valence-electron chi connectivity index (χ0n) is 25.0. The Morgan fingerprint density at radius 3 is 2.11 bits per heavy atom. The molecule has 0 spiro atoms. The molecule has 1 aromatic heterocycles. The molecular formula is C33H34N4O8. The Labute approximate surface area is 259 Å². The van der Waals surface area contributed by atoms with Gasteiger partial charge in [-0.15, -0.1) is 0 Å². The lowest BCUT2D eigenvalue weighted by molar-refractivity contribution is -0.126. The van der Waals surface area contributed by atoms with Crippen LogP contribution in [0.5, 0.6) is 0 Å². The lowest BCUT2D eigenvalue weighted by atomic mass is 10.0. The molecule has 4 rings (SSSR count). The summed E-state index contributed by atoms with van der Waals surface area (Å²) in [6, 6.07) is 21.2.